The molecule has 1 heterocycles. The summed E-state index contributed by atoms with van der Waals surface area (Å²) in [5.74, 6) is -8.68. The quantitative estimate of drug-likeness (QED) is 0.369. The number of carbonyl (C=O) groups excluding carboxylic acids is 1. The van der Waals surface area contributed by atoms with E-state index in [-0.39, 0.29) is 18.8 Å². The molecule has 0 N–H and O–H groups in total. The van der Waals surface area contributed by atoms with Crippen molar-refractivity contribution < 1.29 is 31.8 Å². The number of hydrogen-bond donors (Lipinski definition) is 0. The zero-order valence-electron chi connectivity index (χ0n) is 9.72. The molecular formula is C12H10F4O3. The van der Waals surface area contributed by atoms with Gasteiger partial charge in [0.25, 0.3) is 0 Å². The van der Waals surface area contributed by atoms with Gasteiger partial charge in [-0.1, -0.05) is 0 Å². The number of halogens is 4. The highest BCUT2D eigenvalue weighted by Crippen LogP contribution is 2.20. The minimum Gasteiger partial charge on any atom is -0.459 e. The molecule has 0 unspecified atom stereocenters. The van der Waals surface area contributed by atoms with Crippen LogP contribution in [0, 0.1) is 23.3 Å². The zero-order chi connectivity index (χ0) is 14.0. The van der Waals surface area contributed by atoms with Gasteiger partial charge in [-0.25, -0.2) is 22.4 Å². The normalized spacial score (nSPS) is 18.6. The topological polar surface area (TPSA) is 35.5 Å². The van der Waals surface area contributed by atoms with Crippen molar-refractivity contribution in [2.45, 2.75) is 18.9 Å². The number of ether oxygens (including phenoxy) is 2. The van der Waals surface area contributed by atoms with E-state index in [1.165, 1.54) is 0 Å². The van der Waals surface area contributed by atoms with Gasteiger partial charge in [-0.2, -0.15) is 0 Å². The summed E-state index contributed by atoms with van der Waals surface area (Å²) in [5, 5.41) is 0. The summed E-state index contributed by atoms with van der Waals surface area (Å²) >= 11 is 0. The molecule has 0 saturated carbocycles. The molecule has 3 nitrogen and oxygen atoms in total. The van der Waals surface area contributed by atoms with E-state index in [2.05, 4.69) is 4.74 Å². The number of benzene rings is 1. The molecule has 1 saturated heterocycles. The van der Waals surface area contributed by atoms with Crippen molar-refractivity contribution in [3.05, 3.63) is 34.9 Å². The fourth-order valence-electron chi connectivity index (χ4n) is 1.74. The van der Waals surface area contributed by atoms with Gasteiger partial charge in [-0.15, -0.1) is 0 Å². The number of hydrogen-bond acceptors (Lipinski definition) is 3. The van der Waals surface area contributed by atoms with E-state index in [1.54, 1.807) is 0 Å². The fourth-order valence-corrected chi connectivity index (χ4v) is 1.74. The fraction of sp³-hybridized carbons (Fsp3) is 0.417. The summed E-state index contributed by atoms with van der Waals surface area (Å²) in [7, 11) is 0. The first-order chi connectivity index (χ1) is 9.00. The molecule has 1 aliphatic heterocycles. The van der Waals surface area contributed by atoms with Gasteiger partial charge in [0.05, 0.1) is 6.10 Å². The molecule has 1 fully saturated rings. The van der Waals surface area contributed by atoms with Gasteiger partial charge < -0.3 is 9.47 Å². The third kappa shape index (κ3) is 2.86. The van der Waals surface area contributed by atoms with E-state index in [0.717, 1.165) is 6.42 Å². The second kappa shape index (κ2) is 5.56. The molecule has 7 heteroatoms. The molecule has 1 aromatic rings. The van der Waals surface area contributed by atoms with Crippen LogP contribution in [0.2, 0.25) is 0 Å². The third-order valence-electron chi connectivity index (χ3n) is 2.75. The Balaban J connectivity index is 2.10. The molecule has 0 radical (unpaired) electrons. The molecule has 104 valence electrons. The Morgan fingerprint density at radius 3 is 2.63 bits per heavy atom. The Bertz CT molecular complexity index is 498. The summed E-state index contributed by atoms with van der Waals surface area (Å²) in [6.45, 7) is 0.398. The van der Waals surface area contributed by atoms with E-state index in [9.17, 15) is 22.4 Å². The van der Waals surface area contributed by atoms with Gasteiger partial charge in [0.15, 0.2) is 23.3 Å². The van der Waals surface area contributed by atoms with Gasteiger partial charge in [-0.3, -0.25) is 0 Å². The van der Waals surface area contributed by atoms with E-state index < -0.39 is 34.8 Å². The number of carbonyl (C=O) groups is 1. The predicted molar refractivity (Wildman–Crippen MR) is 55.5 cm³/mol. The van der Waals surface area contributed by atoms with Gasteiger partial charge in [0, 0.05) is 6.61 Å². The van der Waals surface area contributed by atoms with E-state index in [4.69, 9.17) is 4.74 Å². The molecule has 0 amide bonds. The lowest BCUT2D eigenvalue weighted by atomic mass is 10.2. The molecule has 1 aromatic carbocycles. The molecule has 0 aromatic heterocycles. The summed E-state index contributed by atoms with van der Waals surface area (Å²) in [6, 6.07) is 0.269. The Hall–Kier alpha value is -1.63. The standard InChI is InChI=1S/C12H10F4O3/c13-8-4-7(9(14)11(16)10(8)15)12(17)19-5-6-2-1-3-18-6/h4,6H,1-3,5H2/t6-/m0/s1. The third-order valence-corrected chi connectivity index (χ3v) is 2.75. The summed E-state index contributed by atoms with van der Waals surface area (Å²) < 4.78 is 61.7. The van der Waals surface area contributed by atoms with Crippen LogP contribution in [0.5, 0.6) is 0 Å². The average Bonchev–Trinajstić information content (AvgIpc) is 2.91. The van der Waals surface area contributed by atoms with Crippen LogP contribution in [-0.2, 0) is 9.47 Å². The average molecular weight is 278 g/mol. The van der Waals surface area contributed by atoms with Crippen molar-refractivity contribution in [1.29, 1.82) is 0 Å². The second-order valence-electron chi connectivity index (χ2n) is 4.08. The first-order valence-electron chi connectivity index (χ1n) is 5.62. The van der Waals surface area contributed by atoms with Crippen LogP contribution in [0.15, 0.2) is 6.07 Å². The van der Waals surface area contributed by atoms with E-state index in [1.807, 2.05) is 0 Å². The van der Waals surface area contributed by atoms with Gasteiger partial charge >= 0.3 is 5.97 Å². The summed E-state index contributed by atoms with van der Waals surface area (Å²) in [5.41, 5.74) is -0.977. The molecule has 0 spiro atoms. The first-order valence-corrected chi connectivity index (χ1v) is 5.62. The van der Waals surface area contributed by atoms with Crippen molar-refractivity contribution in [2.75, 3.05) is 13.2 Å². The smallest absolute Gasteiger partial charge is 0.341 e. The molecule has 0 bridgehead atoms. The zero-order valence-corrected chi connectivity index (χ0v) is 9.72. The van der Waals surface area contributed by atoms with Crippen LogP contribution >= 0.6 is 0 Å². The van der Waals surface area contributed by atoms with Gasteiger partial charge in [0.2, 0.25) is 0 Å². The lowest BCUT2D eigenvalue weighted by Crippen LogP contribution is -2.19. The van der Waals surface area contributed by atoms with Crippen LogP contribution in [0.1, 0.15) is 23.2 Å². The molecule has 1 aliphatic rings. The predicted octanol–water partition coefficient (Wildman–Crippen LogP) is 2.58. The molecule has 0 aliphatic carbocycles. The summed E-state index contributed by atoms with van der Waals surface area (Å²) in [4.78, 5) is 11.5. The van der Waals surface area contributed by atoms with E-state index in [0.29, 0.717) is 13.0 Å². The maximum atomic E-state index is 13.3. The van der Waals surface area contributed by atoms with Gasteiger partial charge in [-0.05, 0) is 18.9 Å². The van der Waals surface area contributed by atoms with Gasteiger partial charge in [0.1, 0.15) is 12.2 Å². The monoisotopic (exact) mass is 278 g/mol. The lowest BCUT2D eigenvalue weighted by Gasteiger charge is -2.11. The van der Waals surface area contributed by atoms with Crippen molar-refractivity contribution in [3.63, 3.8) is 0 Å². The minimum absolute atomic E-state index is 0.140. The Kier molecular flexibility index (Phi) is 4.04. The van der Waals surface area contributed by atoms with Crippen LogP contribution in [0.3, 0.4) is 0 Å². The first kappa shape index (κ1) is 13.8. The van der Waals surface area contributed by atoms with Crippen molar-refractivity contribution >= 4 is 5.97 Å². The largest absolute Gasteiger partial charge is 0.459 e. The highest BCUT2D eigenvalue weighted by molar-refractivity contribution is 5.89. The molecule has 19 heavy (non-hydrogen) atoms. The van der Waals surface area contributed by atoms with Crippen LogP contribution in [-0.4, -0.2) is 25.3 Å². The van der Waals surface area contributed by atoms with Crippen LogP contribution in [0.25, 0.3) is 0 Å². The molecular weight excluding hydrogens is 268 g/mol. The highest BCUT2D eigenvalue weighted by Gasteiger charge is 2.25. The lowest BCUT2D eigenvalue weighted by molar-refractivity contribution is 0.0156. The van der Waals surface area contributed by atoms with Crippen molar-refractivity contribution in [1.82, 2.24) is 0 Å². The highest BCUT2D eigenvalue weighted by atomic mass is 19.2. The van der Waals surface area contributed by atoms with Crippen molar-refractivity contribution in [2.24, 2.45) is 0 Å². The van der Waals surface area contributed by atoms with E-state index >= 15 is 0 Å². The Labute approximate surface area is 106 Å². The maximum Gasteiger partial charge on any atom is 0.341 e. The maximum absolute atomic E-state index is 13.3. The van der Waals surface area contributed by atoms with Crippen LogP contribution < -0.4 is 0 Å². The van der Waals surface area contributed by atoms with Crippen LogP contribution in [0.4, 0.5) is 17.6 Å². The minimum atomic E-state index is -2.04. The number of rotatable bonds is 3. The molecule has 1 atom stereocenters. The Morgan fingerprint density at radius 1 is 1.26 bits per heavy atom. The molecule has 2 rings (SSSR count). The number of esters is 1. The van der Waals surface area contributed by atoms with Crippen molar-refractivity contribution in [3.8, 4) is 0 Å². The Morgan fingerprint density at radius 2 is 2.00 bits per heavy atom. The second-order valence-corrected chi connectivity index (χ2v) is 4.08. The SMILES string of the molecule is O=C(OC[C@@H]1CCCO1)c1cc(F)c(F)c(F)c1F. The summed E-state index contributed by atoms with van der Waals surface area (Å²) in [6.07, 6.45) is 1.19.